The van der Waals surface area contributed by atoms with E-state index >= 15 is 0 Å². The zero-order valence-corrected chi connectivity index (χ0v) is 20.7. The summed E-state index contributed by atoms with van der Waals surface area (Å²) in [5, 5.41) is 12.3. The van der Waals surface area contributed by atoms with Crippen molar-refractivity contribution in [2.75, 3.05) is 32.0 Å². The highest BCUT2D eigenvalue weighted by Crippen LogP contribution is 2.40. The fraction of sp³-hybridized carbons (Fsp3) is 0.400. The maximum atomic E-state index is 14.4. The first-order valence-corrected chi connectivity index (χ1v) is 11.2. The summed E-state index contributed by atoms with van der Waals surface area (Å²) in [6, 6.07) is 4.84. The monoisotopic (exact) mass is 566 g/mol. The summed E-state index contributed by atoms with van der Waals surface area (Å²) in [5.74, 6) is -0.875. The minimum Gasteiger partial charge on any atom is -0.351 e. The molecule has 0 aliphatic carbocycles. The molecule has 1 aliphatic rings. The zero-order valence-electron chi connectivity index (χ0n) is 16.9. The van der Waals surface area contributed by atoms with Gasteiger partial charge < -0.3 is 21.3 Å². The third-order valence-corrected chi connectivity index (χ3v) is 6.48. The molecule has 4 N–H and O–H groups in total. The van der Waals surface area contributed by atoms with Gasteiger partial charge in [-0.05, 0) is 65.2 Å². The summed E-state index contributed by atoms with van der Waals surface area (Å²) in [7, 11) is 1.81. The first-order valence-electron chi connectivity index (χ1n) is 9.30. The molecule has 0 radical (unpaired) electrons. The number of hydrogen-bond donors (Lipinski definition) is 4. The normalized spacial score (nSPS) is 14.8. The van der Waals surface area contributed by atoms with Crippen LogP contribution in [0.25, 0.3) is 0 Å². The maximum Gasteiger partial charge on any atom is 0.261 e. The van der Waals surface area contributed by atoms with Gasteiger partial charge in [0, 0.05) is 23.2 Å². The van der Waals surface area contributed by atoms with Gasteiger partial charge in [0.15, 0.2) is 0 Å². The molecule has 0 spiro atoms. The van der Waals surface area contributed by atoms with Gasteiger partial charge in [0.05, 0.1) is 16.1 Å². The second-order valence-corrected chi connectivity index (χ2v) is 10.0. The van der Waals surface area contributed by atoms with Crippen molar-refractivity contribution in [2.45, 2.75) is 20.3 Å². The number of fused-ring (bicyclic) bond motifs is 1. The number of hydrogen-bond acceptors (Lipinski definition) is 5. The van der Waals surface area contributed by atoms with Crippen LogP contribution in [0.5, 0.6) is 0 Å². The first-order chi connectivity index (χ1) is 13.7. The lowest BCUT2D eigenvalue weighted by molar-refractivity contribution is 0.0945. The van der Waals surface area contributed by atoms with E-state index in [2.05, 4.69) is 35.1 Å². The Hall–Kier alpha value is -1.43. The molecule has 0 unspecified atom stereocenters. The minimum atomic E-state index is -0.410. The van der Waals surface area contributed by atoms with Gasteiger partial charge >= 0.3 is 0 Å². The molecule has 6 nitrogen and oxygen atoms in total. The van der Waals surface area contributed by atoms with Crippen LogP contribution in [0.1, 0.15) is 39.4 Å². The van der Waals surface area contributed by atoms with E-state index < -0.39 is 5.82 Å². The van der Waals surface area contributed by atoms with Gasteiger partial charge in [-0.2, -0.15) is 0 Å². The van der Waals surface area contributed by atoms with E-state index in [1.54, 1.807) is 12.1 Å². The highest BCUT2D eigenvalue weighted by atomic mass is 127. The van der Waals surface area contributed by atoms with Crippen molar-refractivity contribution in [2.24, 2.45) is 5.41 Å². The summed E-state index contributed by atoms with van der Waals surface area (Å²) in [6.07, 6.45) is 0.573. The van der Waals surface area contributed by atoms with Gasteiger partial charge in [-0.3, -0.25) is 9.59 Å². The predicted octanol–water partition coefficient (Wildman–Crippen LogP) is 3.92. The average Bonchev–Trinajstić information content (AvgIpc) is 2.94. The van der Waals surface area contributed by atoms with Crippen molar-refractivity contribution in [3.63, 3.8) is 0 Å². The van der Waals surface area contributed by atoms with Crippen LogP contribution in [0.3, 0.4) is 0 Å². The Kier molecular flexibility index (Phi) is 8.49. The molecular formula is C20H25ClFIN4O2S. The van der Waals surface area contributed by atoms with E-state index in [1.165, 1.54) is 17.4 Å². The number of amides is 2. The van der Waals surface area contributed by atoms with Crippen LogP contribution in [-0.2, 0) is 6.42 Å². The molecule has 0 saturated carbocycles. The number of likely N-dealkylation sites (N-methyl/N-ethyl adjacent to an activating group) is 1. The van der Waals surface area contributed by atoms with Crippen molar-refractivity contribution in [1.82, 2.24) is 16.0 Å². The van der Waals surface area contributed by atoms with Crippen LogP contribution in [0.15, 0.2) is 18.2 Å². The largest absolute Gasteiger partial charge is 0.351 e. The third kappa shape index (κ3) is 5.63. The van der Waals surface area contributed by atoms with E-state index in [4.69, 9.17) is 0 Å². The number of halogens is 3. The molecule has 1 aromatic carbocycles. The molecule has 2 amide bonds. The molecular weight excluding hydrogens is 542 g/mol. The summed E-state index contributed by atoms with van der Waals surface area (Å²) in [4.78, 5) is 26.2. The molecule has 1 aromatic heterocycles. The Balaban J connectivity index is 0.00000320. The molecule has 0 atom stereocenters. The van der Waals surface area contributed by atoms with E-state index in [1.807, 2.05) is 29.6 Å². The summed E-state index contributed by atoms with van der Waals surface area (Å²) < 4.78 is 15.2. The predicted molar refractivity (Wildman–Crippen MR) is 130 cm³/mol. The minimum absolute atomic E-state index is 0. The Morgan fingerprint density at radius 1 is 1.33 bits per heavy atom. The van der Waals surface area contributed by atoms with E-state index in [9.17, 15) is 14.0 Å². The van der Waals surface area contributed by atoms with Crippen LogP contribution in [0, 0.1) is 14.8 Å². The molecule has 0 bridgehead atoms. The van der Waals surface area contributed by atoms with E-state index in [0.29, 0.717) is 47.1 Å². The van der Waals surface area contributed by atoms with Crippen molar-refractivity contribution in [3.8, 4) is 0 Å². The Morgan fingerprint density at radius 2 is 2.07 bits per heavy atom. The highest BCUT2D eigenvalue weighted by Gasteiger charge is 2.34. The Morgan fingerprint density at radius 3 is 2.73 bits per heavy atom. The van der Waals surface area contributed by atoms with E-state index in [-0.39, 0.29) is 35.3 Å². The second-order valence-electron chi connectivity index (χ2n) is 7.75. The van der Waals surface area contributed by atoms with Crippen LogP contribution < -0.4 is 21.3 Å². The smallest absolute Gasteiger partial charge is 0.261 e. The van der Waals surface area contributed by atoms with Gasteiger partial charge in [0.1, 0.15) is 10.8 Å². The maximum absolute atomic E-state index is 14.4. The average molecular weight is 567 g/mol. The van der Waals surface area contributed by atoms with Gasteiger partial charge in [-0.15, -0.1) is 23.7 Å². The highest BCUT2D eigenvalue weighted by molar-refractivity contribution is 14.1. The molecule has 0 fully saturated rings. The van der Waals surface area contributed by atoms with Gasteiger partial charge in [-0.25, -0.2) is 4.39 Å². The second kappa shape index (κ2) is 10.3. The van der Waals surface area contributed by atoms with Gasteiger partial charge in [-0.1, -0.05) is 13.8 Å². The van der Waals surface area contributed by atoms with Crippen molar-refractivity contribution in [1.29, 1.82) is 0 Å². The molecule has 3 rings (SSSR count). The van der Waals surface area contributed by atoms with Crippen LogP contribution in [0.4, 0.5) is 15.1 Å². The van der Waals surface area contributed by atoms with Crippen LogP contribution in [-0.4, -0.2) is 38.5 Å². The van der Waals surface area contributed by atoms with Gasteiger partial charge in [0.25, 0.3) is 11.8 Å². The topological polar surface area (TPSA) is 82.3 Å². The standard InChI is InChI=1S/C20H24FIN4O2S.ClH/c1-20(2)9-12-15(17(27)24-7-6-23-3)19(29-16(12)18(28)25-10-20)26-14-5-4-11(22)8-13(14)21;/h4-5,8,23,26H,6-7,9-10H2,1-3H3,(H,24,27)(H,25,28);1H. The molecule has 2 aromatic rings. The Bertz CT molecular complexity index is 951. The number of rotatable bonds is 6. The first kappa shape index (κ1) is 24.8. The summed E-state index contributed by atoms with van der Waals surface area (Å²) in [5.41, 5.74) is 1.20. The quantitative estimate of drug-likeness (QED) is 0.316. The number of thiophene rings is 1. The van der Waals surface area contributed by atoms with E-state index in [0.717, 1.165) is 3.57 Å². The molecule has 2 heterocycles. The zero-order chi connectivity index (χ0) is 21.2. The number of carbonyl (C=O) groups excluding carboxylic acids is 2. The fourth-order valence-electron chi connectivity index (χ4n) is 3.19. The van der Waals surface area contributed by atoms with Gasteiger partial charge in [0.2, 0.25) is 0 Å². The lowest BCUT2D eigenvalue weighted by atomic mass is 9.85. The van der Waals surface area contributed by atoms with Crippen molar-refractivity contribution in [3.05, 3.63) is 43.6 Å². The van der Waals surface area contributed by atoms with Crippen molar-refractivity contribution >= 4 is 68.8 Å². The molecule has 10 heteroatoms. The SMILES string of the molecule is CNCCNC(=O)c1c(Nc2ccc(I)cc2F)sc2c1CC(C)(C)CNC2=O.Cl. The third-order valence-electron chi connectivity index (χ3n) is 4.66. The van der Waals surface area contributed by atoms with Crippen molar-refractivity contribution < 1.29 is 14.0 Å². The lowest BCUT2D eigenvalue weighted by Crippen LogP contribution is -2.32. The summed E-state index contributed by atoms with van der Waals surface area (Å²) >= 11 is 3.23. The Labute approximate surface area is 199 Å². The number of anilines is 2. The summed E-state index contributed by atoms with van der Waals surface area (Å²) in [6.45, 7) is 5.71. The molecule has 164 valence electrons. The van der Waals surface area contributed by atoms with Crippen LogP contribution in [0.2, 0.25) is 0 Å². The number of benzene rings is 1. The molecule has 30 heavy (non-hydrogen) atoms. The molecule has 0 saturated heterocycles. The van der Waals surface area contributed by atoms with Crippen LogP contribution >= 0.6 is 46.3 Å². The number of carbonyl (C=O) groups is 2. The number of nitrogens with one attached hydrogen (secondary N) is 4. The lowest BCUT2D eigenvalue weighted by Gasteiger charge is -2.22. The molecule has 1 aliphatic heterocycles. The fourth-order valence-corrected chi connectivity index (χ4v) is 4.79.